The van der Waals surface area contributed by atoms with Crippen molar-refractivity contribution in [3.05, 3.63) is 36.3 Å². The van der Waals surface area contributed by atoms with Crippen molar-refractivity contribution in [2.24, 2.45) is 0 Å². The number of hydrogen-bond acceptors (Lipinski definition) is 6. The molecule has 0 spiro atoms. The second-order valence-electron chi connectivity index (χ2n) is 8.62. The van der Waals surface area contributed by atoms with Crippen LogP contribution in [0.25, 0.3) is 11.0 Å². The van der Waals surface area contributed by atoms with Gasteiger partial charge in [0.05, 0.1) is 13.1 Å². The van der Waals surface area contributed by atoms with Crippen LogP contribution in [0.3, 0.4) is 0 Å². The largest absolute Gasteiger partial charge is 0.343 e. The van der Waals surface area contributed by atoms with E-state index in [2.05, 4.69) is 36.0 Å². The van der Waals surface area contributed by atoms with E-state index in [-0.39, 0.29) is 5.91 Å². The maximum atomic E-state index is 12.9. The number of carbonyl (C=O) groups is 1. The van der Waals surface area contributed by atoms with Gasteiger partial charge in [-0.15, -0.1) is 0 Å². The molecule has 9 nitrogen and oxygen atoms in total. The molecular formula is C23H29N8O+. The smallest absolute Gasteiger partial charge is 0.270 e. The zero-order valence-electron chi connectivity index (χ0n) is 18.6. The van der Waals surface area contributed by atoms with E-state index in [1.807, 2.05) is 24.4 Å². The molecule has 1 amide bonds. The van der Waals surface area contributed by atoms with Gasteiger partial charge in [0.25, 0.3) is 5.91 Å². The SMILES string of the molecule is CN(C)C(=O)c1cc2cnc(Nc3ccc([N+]4=CCNCC4)cn3)nc2n1C1CCCC1. The number of rotatable bonds is 5. The first-order valence-electron chi connectivity index (χ1n) is 11.2. The molecule has 3 aromatic heterocycles. The summed E-state index contributed by atoms with van der Waals surface area (Å²) in [6.07, 6.45) is 10.3. The van der Waals surface area contributed by atoms with Gasteiger partial charge in [-0.05, 0) is 25.0 Å². The summed E-state index contributed by atoms with van der Waals surface area (Å²) in [4.78, 5) is 28.3. The molecule has 2 aliphatic rings. The quantitative estimate of drug-likeness (QED) is 0.601. The van der Waals surface area contributed by atoms with Crippen molar-refractivity contribution in [1.82, 2.24) is 29.7 Å². The van der Waals surface area contributed by atoms with Crippen LogP contribution < -0.4 is 10.6 Å². The molecule has 1 saturated carbocycles. The van der Waals surface area contributed by atoms with E-state index in [0.29, 0.717) is 23.5 Å². The molecule has 3 aromatic rings. The standard InChI is InChI=1S/C23H28N8O/c1-29(2)22(32)19-13-16-14-26-23(28-21(16)31(19)17-5-3-4-6-17)27-20-8-7-18(15-25-20)30-11-9-24-10-12-30/h7-8,11,13-15,17,24H,3-6,9-10,12H2,1-2H3/p+1. The monoisotopic (exact) mass is 433 g/mol. The van der Waals surface area contributed by atoms with Crippen LogP contribution in [0.5, 0.6) is 0 Å². The first-order chi connectivity index (χ1) is 15.6. The van der Waals surface area contributed by atoms with Crippen molar-refractivity contribution in [2.75, 3.05) is 39.0 Å². The minimum atomic E-state index is -0.00798. The summed E-state index contributed by atoms with van der Waals surface area (Å²) in [5, 5.41) is 7.41. The van der Waals surface area contributed by atoms with Gasteiger partial charge in [0, 0.05) is 37.8 Å². The van der Waals surface area contributed by atoms with Crippen LogP contribution in [-0.2, 0) is 0 Å². The summed E-state index contributed by atoms with van der Waals surface area (Å²) in [7, 11) is 3.57. The summed E-state index contributed by atoms with van der Waals surface area (Å²) in [6.45, 7) is 2.76. The molecule has 0 aromatic carbocycles. The first-order valence-corrected chi connectivity index (χ1v) is 11.2. The fourth-order valence-electron chi connectivity index (χ4n) is 4.54. The summed E-state index contributed by atoms with van der Waals surface area (Å²) in [5.74, 6) is 1.16. The maximum absolute atomic E-state index is 12.9. The Kier molecular flexibility index (Phi) is 5.57. The van der Waals surface area contributed by atoms with Crippen molar-refractivity contribution in [2.45, 2.75) is 31.7 Å². The Hall–Kier alpha value is -3.33. The van der Waals surface area contributed by atoms with Crippen molar-refractivity contribution < 1.29 is 9.37 Å². The van der Waals surface area contributed by atoms with Gasteiger partial charge in [0.2, 0.25) is 11.6 Å². The second kappa shape index (κ2) is 8.66. The topological polar surface area (TPSA) is 91.0 Å². The van der Waals surface area contributed by atoms with Crippen molar-refractivity contribution >= 4 is 40.6 Å². The third-order valence-electron chi connectivity index (χ3n) is 6.20. The van der Waals surface area contributed by atoms with Gasteiger partial charge in [0.15, 0.2) is 12.8 Å². The molecule has 4 heterocycles. The summed E-state index contributed by atoms with van der Waals surface area (Å²) >= 11 is 0. The number of fused-ring (bicyclic) bond motifs is 1. The molecule has 1 aliphatic heterocycles. The van der Waals surface area contributed by atoms with Gasteiger partial charge >= 0.3 is 0 Å². The zero-order valence-corrected chi connectivity index (χ0v) is 18.6. The van der Waals surface area contributed by atoms with Gasteiger partial charge in [-0.1, -0.05) is 12.8 Å². The highest BCUT2D eigenvalue weighted by Gasteiger charge is 2.26. The van der Waals surface area contributed by atoms with E-state index in [0.717, 1.165) is 49.2 Å². The van der Waals surface area contributed by atoms with Gasteiger partial charge in [0.1, 0.15) is 23.4 Å². The Labute approximate surface area is 187 Å². The van der Waals surface area contributed by atoms with E-state index in [9.17, 15) is 4.79 Å². The second-order valence-corrected chi connectivity index (χ2v) is 8.62. The van der Waals surface area contributed by atoms with E-state index in [1.165, 1.54) is 12.8 Å². The summed E-state index contributed by atoms with van der Waals surface area (Å²) < 4.78 is 4.32. The number of anilines is 2. The fraction of sp³-hybridized carbons (Fsp3) is 0.435. The number of aromatic nitrogens is 4. The molecule has 32 heavy (non-hydrogen) atoms. The average Bonchev–Trinajstić information content (AvgIpc) is 3.47. The molecule has 1 aliphatic carbocycles. The molecule has 0 unspecified atom stereocenters. The van der Waals surface area contributed by atoms with Gasteiger partial charge in [-0.3, -0.25) is 4.79 Å². The lowest BCUT2D eigenvalue weighted by Gasteiger charge is -2.19. The lowest BCUT2D eigenvalue weighted by Crippen LogP contribution is -2.33. The lowest BCUT2D eigenvalue weighted by molar-refractivity contribution is -0.438. The van der Waals surface area contributed by atoms with E-state index in [1.54, 1.807) is 25.2 Å². The molecule has 0 saturated heterocycles. The van der Waals surface area contributed by atoms with Gasteiger partial charge in [-0.25, -0.2) is 9.97 Å². The zero-order chi connectivity index (χ0) is 22.1. The molecule has 5 rings (SSSR count). The van der Waals surface area contributed by atoms with Crippen LogP contribution in [-0.4, -0.2) is 74.8 Å². The van der Waals surface area contributed by atoms with Gasteiger partial charge < -0.3 is 20.1 Å². The van der Waals surface area contributed by atoms with Crippen LogP contribution in [0.15, 0.2) is 30.6 Å². The van der Waals surface area contributed by atoms with Crippen LogP contribution in [0, 0.1) is 0 Å². The van der Waals surface area contributed by atoms with E-state index < -0.39 is 0 Å². The third kappa shape index (κ3) is 3.95. The number of nitrogens with zero attached hydrogens (tertiary/aromatic N) is 6. The van der Waals surface area contributed by atoms with Crippen LogP contribution >= 0.6 is 0 Å². The summed E-state index contributed by atoms with van der Waals surface area (Å²) in [5.41, 5.74) is 2.54. The Bertz CT molecular complexity index is 1160. The minimum absolute atomic E-state index is 0.00798. The summed E-state index contributed by atoms with van der Waals surface area (Å²) in [6, 6.07) is 6.19. The predicted molar refractivity (Wildman–Crippen MR) is 124 cm³/mol. The Morgan fingerprint density at radius 2 is 2.06 bits per heavy atom. The van der Waals surface area contributed by atoms with Crippen LogP contribution in [0.1, 0.15) is 42.2 Å². The highest BCUT2D eigenvalue weighted by molar-refractivity contribution is 5.97. The fourth-order valence-corrected chi connectivity index (χ4v) is 4.54. The lowest BCUT2D eigenvalue weighted by atomic mass is 10.2. The maximum Gasteiger partial charge on any atom is 0.270 e. The Balaban J connectivity index is 1.45. The molecule has 9 heteroatoms. The molecular weight excluding hydrogens is 404 g/mol. The van der Waals surface area contributed by atoms with Gasteiger partial charge in [-0.2, -0.15) is 9.56 Å². The molecule has 1 fully saturated rings. The third-order valence-corrected chi connectivity index (χ3v) is 6.20. The number of carbonyl (C=O) groups excluding carboxylic acids is 1. The number of amides is 1. The van der Waals surface area contributed by atoms with Crippen molar-refractivity contribution in [1.29, 1.82) is 0 Å². The number of nitrogens with one attached hydrogen (secondary N) is 2. The van der Waals surface area contributed by atoms with Crippen LogP contribution in [0.2, 0.25) is 0 Å². The highest BCUT2D eigenvalue weighted by Crippen LogP contribution is 2.34. The molecule has 0 atom stereocenters. The normalized spacial score (nSPS) is 16.9. The first kappa shape index (κ1) is 20.6. The Morgan fingerprint density at radius 3 is 2.75 bits per heavy atom. The minimum Gasteiger partial charge on any atom is -0.343 e. The Morgan fingerprint density at radius 1 is 1.22 bits per heavy atom. The van der Waals surface area contributed by atoms with Crippen LogP contribution in [0.4, 0.5) is 17.5 Å². The highest BCUT2D eigenvalue weighted by atomic mass is 16.2. The molecule has 2 N–H and O–H groups in total. The van der Waals surface area contributed by atoms with Crippen molar-refractivity contribution in [3.63, 3.8) is 0 Å². The average molecular weight is 434 g/mol. The predicted octanol–water partition coefficient (Wildman–Crippen LogP) is 2.70. The molecule has 0 radical (unpaired) electrons. The van der Waals surface area contributed by atoms with E-state index in [4.69, 9.17) is 4.98 Å². The number of hydrogen-bond donors (Lipinski definition) is 2. The molecule has 166 valence electrons. The number of pyridine rings is 1. The molecule has 0 bridgehead atoms. The van der Waals surface area contributed by atoms with Crippen molar-refractivity contribution in [3.8, 4) is 0 Å². The van der Waals surface area contributed by atoms with E-state index >= 15 is 0 Å².